The monoisotopic (exact) mass is 1020 g/mol. The van der Waals surface area contributed by atoms with E-state index < -0.39 is 86.8 Å². The minimum absolute atomic E-state index is 0.205. The first-order chi connectivity index (χ1) is 34.6. The smallest absolute Gasteiger partial charge is 0.220 e. The molecule has 2 rings (SSSR count). The number of aliphatic hydroxyl groups excluding tert-OH is 8. The van der Waals surface area contributed by atoms with Crippen molar-refractivity contribution in [2.75, 3.05) is 19.8 Å². The molecule has 1 amide bonds. The Kier molecular flexibility index (Phi) is 40.7. The molecule has 0 bridgehead atoms. The van der Waals surface area contributed by atoms with E-state index in [4.69, 9.17) is 18.9 Å². The van der Waals surface area contributed by atoms with E-state index in [1.165, 1.54) is 173 Å². The van der Waals surface area contributed by atoms with E-state index in [-0.39, 0.29) is 12.5 Å². The molecule has 0 aromatic heterocycles. The van der Waals surface area contributed by atoms with Gasteiger partial charge in [0.05, 0.1) is 32.0 Å². The SMILES string of the molecule is CCCCCCCCCC/C=C\CCCCCCCCCCCCCCCCCC(=O)NC(COC1OC(CO)C(OC2OC(CO)C(O)C(O)C2O)C(O)C1O)C(O)CCCCCCCCCCCC. The maximum atomic E-state index is 13.2. The van der Waals surface area contributed by atoms with Gasteiger partial charge in [0.1, 0.15) is 48.8 Å². The van der Waals surface area contributed by atoms with Crippen molar-refractivity contribution in [2.45, 2.75) is 325 Å². The van der Waals surface area contributed by atoms with Gasteiger partial charge in [-0.1, -0.05) is 219 Å². The van der Waals surface area contributed by atoms with Crippen LogP contribution in [0.15, 0.2) is 12.2 Å². The number of aliphatic hydroxyl groups is 8. The molecule has 2 saturated heterocycles. The van der Waals surface area contributed by atoms with Crippen molar-refractivity contribution >= 4 is 5.91 Å². The summed E-state index contributed by atoms with van der Waals surface area (Å²) in [6, 6.07) is -0.823. The van der Waals surface area contributed by atoms with Gasteiger partial charge in [-0.3, -0.25) is 4.79 Å². The summed E-state index contributed by atoms with van der Waals surface area (Å²) in [5, 5.41) is 87.0. The summed E-state index contributed by atoms with van der Waals surface area (Å²) in [6.45, 7) is 2.85. The van der Waals surface area contributed by atoms with Crippen molar-refractivity contribution in [3.8, 4) is 0 Å². The predicted octanol–water partition coefficient (Wildman–Crippen LogP) is 9.50. The lowest BCUT2D eigenvalue weighted by molar-refractivity contribution is -0.359. The van der Waals surface area contributed by atoms with Gasteiger partial charge in [-0.2, -0.15) is 0 Å². The normalized spacial score (nSPS) is 25.8. The van der Waals surface area contributed by atoms with Gasteiger partial charge in [0, 0.05) is 6.42 Å². The van der Waals surface area contributed by atoms with E-state index in [9.17, 15) is 45.6 Å². The number of rotatable bonds is 47. The molecular formula is C57H109NO13. The Labute approximate surface area is 431 Å². The maximum Gasteiger partial charge on any atom is 0.220 e. The average Bonchev–Trinajstić information content (AvgIpc) is 3.37. The highest BCUT2D eigenvalue weighted by atomic mass is 16.7. The minimum atomic E-state index is -1.78. The van der Waals surface area contributed by atoms with Crippen LogP contribution in [0.2, 0.25) is 0 Å². The van der Waals surface area contributed by atoms with Gasteiger partial charge in [-0.05, 0) is 38.5 Å². The highest BCUT2D eigenvalue weighted by Gasteiger charge is 2.51. The van der Waals surface area contributed by atoms with Crippen molar-refractivity contribution in [1.29, 1.82) is 0 Å². The van der Waals surface area contributed by atoms with Crippen LogP contribution in [0.1, 0.15) is 251 Å². The first kappa shape index (κ1) is 65.8. The van der Waals surface area contributed by atoms with Gasteiger partial charge >= 0.3 is 0 Å². The predicted molar refractivity (Wildman–Crippen MR) is 282 cm³/mol. The van der Waals surface area contributed by atoms with Gasteiger partial charge in [0.15, 0.2) is 12.6 Å². The van der Waals surface area contributed by atoms with Crippen LogP contribution in [-0.4, -0.2) is 140 Å². The van der Waals surface area contributed by atoms with Crippen LogP contribution in [-0.2, 0) is 23.7 Å². The second-order valence-corrected chi connectivity index (χ2v) is 21.1. The Morgan fingerprint density at radius 3 is 1.34 bits per heavy atom. The zero-order valence-corrected chi connectivity index (χ0v) is 45.0. The number of amides is 1. The highest BCUT2D eigenvalue weighted by Crippen LogP contribution is 2.30. The summed E-state index contributed by atoms with van der Waals surface area (Å²) in [5.41, 5.74) is 0. The zero-order chi connectivity index (χ0) is 51.7. The largest absolute Gasteiger partial charge is 0.394 e. The quantitative estimate of drug-likeness (QED) is 0.0205. The molecular weight excluding hydrogens is 907 g/mol. The van der Waals surface area contributed by atoms with Crippen molar-refractivity contribution in [1.82, 2.24) is 5.32 Å². The molecule has 2 fully saturated rings. The molecule has 420 valence electrons. The van der Waals surface area contributed by atoms with E-state index in [1.807, 2.05) is 0 Å². The van der Waals surface area contributed by atoms with E-state index in [2.05, 4.69) is 31.3 Å². The number of ether oxygens (including phenoxy) is 4. The van der Waals surface area contributed by atoms with E-state index in [0.717, 1.165) is 51.4 Å². The first-order valence-corrected chi connectivity index (χ1v) is 29.4. The van der Waals surface area contributed by atoms with Crippen molar-refractivity contribution < 1.29 is 64.6 Å². The van der Waals surface area contributed by atoms with Crippen LogP contribution < -0.4 is 5.32 Å². The van der Waals surface area contributed by atoms with Gasteiger partial charge < -0.3 is 65.1 Å². The summed E-state index contributed by atoms with van der Waals surface area (Å²) in [6.07, 6.45) is 32.4. The number of hydrogen-bond acceptors (Lipinski definition) is 13. The highest BCUT2D eigenvalue weighted by molar-refractivity contribution is 5.76. The summed E-state index contributed by atoms with van der Waals surface area (Å²) in [5.74, 6) is -0.205. The van der Waals surface area contributed by atoms with Crippen LogP contribution in [0.4, 0.5) is 0 Å². The molecule has 12 unspecified atom stereocenters. The van der Waals surface area contributed by atoms with E-state index in [0.29, 0.717) is 12.8 Å². The molecule has 9 N–H and O–H groups in total. The maximum absolute atomic E-state index is 13.2. The summed E-state index contributed by atoms with van der Waals surface area (Å²) < 4.78 is 22.8. The molecule has 0 aromatic carbocycles. The van der Waals surface area contributed by atoms with Gasteiger partial charge in [0.25, 0.3) is 0 Å². The Morgan fingerprint density at radius 2 is 0.887 bits per heavy atom. The molecule has 14 heteroatoms. The topological polar surface area (TPSA) is 228 Å². The standard InChI is InChI=1S/C57H109NO13/c1-3-5-7-9-11-13-15-16-17-18-19-20-21-22-23-24-25-26-27-28-29-30-31-33-35-37-39-41-49(62)58-45(46(61)40-38-36-34-32-14-12-10-8-6-4-2)44-68-56-54(67)52(65)55(48(43-60)70-56)71-57-53(66)51(64)50(63)47(42-59)69-57/h18-19,45-48,50-57,59-61,63-67H,3-17,20-44H2,1-2H3,(H,58,62)/b19-18-. The van der Waals surface area contributed by atoms with Crippen LogP contribution in [0, 0.1) is 0 Å². The van der Waals surface area contributed by atoms with Crippen LogP contribution in [0.5, 0.6) is 0 Å². The van der Waals surface area contributed by atoms with Gasteiger partial charge in [-0.25, -0.2) is 0 Å². The summed E-state index contributed by atoms with van der Waals surface area (Å²) in [4.78, 5) is 13.2. The van der Waals surface area contributed by atoms with Gasteiger partial charge in [0.2, 0.25) is 5.91 Å². The Bertz CT molecular complexity index is 1240. The zero-order valence-electron chi connectivity index (χ0n) is 45.0. The number of hydrogen-bond donors (Lipinski definition) is 9. The third-order valence-electron chi connectivity index (χ3n) is 14.7. The van der Waals surface area contributed by atoms with E-state index in [1.54, 1.807) is 0 Å². The van der Waals surface area contributed by atoms with Gasteiger partial charge in [-0.15, -0.1) is 0 Å². The molecule has 0 radical (unpaired) electrons. The van der Waals surface area contributed by atoms with Crippen LogP contribution in [0.25, 0.3) is 0 Å². The molecule has 0 saturated carbocycles. The number of carbonyl (C=O) groups excluding carboxylic acids is 1. The number of nitrogens with one attached hydrogen (secondary N) is 1. The van der Waals surface area contributed by atoms with Crippen molar-refractivity contribution in [3.05, 3.63) is 12.2 Å². The second-order valence-electron chi connectivity index (χ2n) is 21.1. The minimum Gasteiger partial charge on any atom is -0.394 e. The molecule has 2 aliphatic rings. The van der Waals surface area contributed by atoms with Crippen LogP contribution in [0.3, 0.4) is 0 Å². The summed E-state index contributed by atoms with van der Waals surface area (Å²) >= 11 is 0. The Morgan fingerprint density at radius 1 is 0.493 bits per heavy atom. The molecule has 0 aliphatic carbocycles. The number of allylic oxidation sites excluding steroid dienone is 2. The van der Waals surface area contributed by atoms with Crippen molar-refractivity contribution in [2.24, 2.45) is 0 Å². The fourth-order valence-corrected chi connectivity index (χ4v) is 9.94. The molecule has 0 spiro atoms. The molecule has 12 atom stereocenters. The number of carbonyl (C=O) groups is 1. The Balaban J connectivity index is 1.66. The molecule has 0 aromatic rings. The molecule has 14 nitrogen and oxygen atoms in total. The third kappa shape index (κ3) is 30.2. The summed E-state index contributed by atoms with van der Waals surface area (Å²) in [7, 11) is 0. The third-order valence-corrected chi connectivity index (χ3v) is 14.7. The van der Waals surface area contributed by atoms with Crippen molar-refractivity contribution in [3.63, 3.8) is 0 Å². The average molecular weight is 1020 g/mol. The lowest BCUT2D eigenvalue weighted by Gasteiger charge is -2.46. The first-order valence-electron chi connectivity index (χ1n) is 29.4. The van der Waals surface area contributed by atoms with Crippen LogP contribution >= 0.6 is 0 Å². The number of unbranched alkanes of at least 4 members (excludes halogenated alkanes) is 32. The van der Waals surface area contributed by atoms with E-state index >= 15 is 0 Å². The fraction of sp³-hybridized carbons (Fsp3) is 0.947. The molecule has 2 aliphatic heterocycles. The molecule has 71 heavy (non-hydrogen) atoms. The molecule has 2 heterocycles. The second kappa shape index (κ2) is 43.9. The Hall–Kier alpha value is -1.27. The lowest BCUT2D eigenvalue weighted by atomic mass is 9.97. The lowest BCUT2D eigenvalue weighted by Crippen LogP contribution is -2.65. The fourth-order valence-electron chi connectivity index (χ4n) is 9.94.